The number of nitrogens with one attached hydrogen (secondary N) is 1. The molecule has 2 rings (SSSR count). The van der Waals surface area contributed by atoms with Crippen molar-refractivity contribution in [3.63, 3.8) is 0 Å². The standard InChI is InChI=1S/C16H26N2O3S/c1-13-8-14(2)12-18(11-13)22(20,21)17-10-16(19)9-15-6-4-3-5-7-15/h3-7,13-14,16-17,19H,8-12H2,1-2H3/t13-,14+,16-/m0/s1. The van der Waals surface area contributed by atoms with Crippen LogP contribution in [-0.4, -0.2) is 43.6 Å². The minimum absolute atomic E-state index is 0.0382. The van der Waals surface area contributed by atoms with Crippen LogP contribution in [-0.2, 0) is 16.6 Å². The van der Waals surface area contributed by atoms with Crippen LogP contribution in [0, 0.1) is 11.8 Å². The van der Waals surface area contributed by atoms with E-state index in [1.54, 1.807) is 0 Å². The highest BCUT2D eigenvalue weighted by molar-refractivity contribution is 7.87. The van der Waals surface area contributed by atoms with Gasteiger partial charge in [-0.25, -0.2) is 0 Å². The summed E-state index contributed by atoms with van der Waals surface area (Å²) in [6.45, 7) is 5.28. The van der Waals surface area contributed by atoms with Crippen LogP contribution in [0.15, 0.2) is 30.3 Å². The molecule has 1 aromatic carbocycles. The summed E-state index contributed by atoms with van der Waals surface area (Å²) < 4.78 is 28.7. The van der Waals surface area contributed by atoms with Crippen LogP contribution in [0.25, 0.3) is 0 Å². The predicted molar refractivity (Wildman–Crippen MR) is 87.6 cm³/mol. The van der Waals surface area contributed by atoms with E-state index in [4.69, 9.17) is 0 Å². The number of nitrogens with zero attached hydrogens (tertiary/aromatic N) is 1. The van der Waals surface area contributed by atoms with Crippen LogP contribution >= 0.6 is 0 Å². The van der Waals surface area contributed by atoms with E-state index in [0.29, 0.717) is 31.3 Å². The molecule has 1 aliphatic heterocycles. The van der Waals surface area contributed by atoms with Crippen LogP contribution < -0.4 is 4.72 Å². The third-order valence-electron chi connectivity index (χ3n) is 3.99. The van der Waals surface area contributed by atoms with E-state index in [2.05, 4.69) is 18.6 Å². The largest absolute Gasteiger partial charge is 0.391 e. The lowest BCUT2D eigenvalue weighted by molar-refractivity contribution is 0.175. The topological polar surface area (TPSA) is 69.6 Å². The van der Waals surface area contributed by atoms with Crippen LogP contribution in [0.5, 0.6) is 0 Å². The Morgan fingerprint density at radius 1 is 1.23 bits per heavy atom. The Hall–Kier alpha value is -0.950. The molecule has 1 saturated heterocycles. The molecule has 3 atom stereocenters. The quantitative estimate of drug-likeness (QED) is 0.830. The van der Waals surface area contributed by atoms with Crippen LogP contribution in [0.4, 0.5) is 0 Å². The summed E-state index contributed by atoms with van der Waals surface area (Å²) in [5.41, 5.74) is 0.995. The number of hydrogen-bond acceptors (Lipinski definition) is 3. The first kappa shape index (κ1) is 17.4. The number of rotatable bonds is 6. The summed E-state index contributed by atoms with van der Waals surface area (Å²) in [6.07, 6.45) is 0.774. The van der Waals surface area contributed by atoms with Crippen molar-refractivity contribution in [1.82, 2.24) is 9.03 Å². The molecular weight excluding hydrogens is 300 g/mol. The van der Waals surface area contributed by atoms with Crippen molar-refractivity contribution >= 4 is 10.2 Å². The Balaban J connectivity index is 1.86. The zero-order valence-electron chi connectivity index (χ0n) is 13.3. The molecule has 1 aromatic rings. The van der Waals surface area contributed by atoms with Crippen molar-refractivity contribution in [3.8, 4) is 0 Å². The molecule has 0 amide bonds. The van der Waals surface area contributed by atoms with E-state index in [0.717, 1.165) is 12.0 Å². The maximum absolute atomic E-state index is 12.3. The van der Waals surface area contributed by atoms with Crippen molar-refractivity contribution in [1.29, 1.82) is 0 Å². The average molecular weight is 326 g/mol. The highest BCUT2D eigenvalue weighted by Gasteiger charge is 2.30. The van der Waals surface area contributed by atoms with Crippen LogP contribution in [0.1, 0.15) is 25.8 Å². The Kier molecular flexibility index (Phi) is 5.97. The van der Waals surface area contributed by atoms with E-state index in [-0.39, 0.29) is 6.54 Å². The molecule has 1 aliphatic rings. The molecule has 0 unspecified atom stereocenters. The zero-order valence-corrected chi connectivity index (χ0v) is 14.1. The fourth-order valence-corrected chi connectivity index (χ4v) is 4.54. The fraction of sp³-hybridized carbons (Fsp3) is 0.625. The van der Waals surface area contributed by atoms with Gasteiger partial charge in [-0.2, -0.15) is 17.4 Å². The minimum Gasteiger partial charge on any atom is -0.391 e. The lowest BCUT2D eigenvalue weighted by Gasteiger charge is -2.34. The van der Waals surface area contributed by atoms with Gasteiger partial charge in [0, 0.05) is 19.6 Å². The van der Waals surface area contributed by atoms with Gasteiger partial charge in [-0.05, 0) is 30.2 Å². The fourth-order valence-electron chi connectivity index (χ4n) is 3.05. The molecule has 0 bridgehead atoms. The second kappa shape index (κ2) is 7.55. The van der Waals surface area contributed by atoms with Gasteiger partial charge in [0.05, 0.1) is 6.10 Å². The van der Waals surface area contributed by atoms with Crippen molar-refractivity contribution in [2.75, 3.05) is 19.6 Å². The number of piperidine rings is 1. The van der Waals surface area contributed by atoms with Gasteiger partial charge in [-0.15, -0.1) is 0 Å². The zero-order chi connectivity index (χ0) is 16.2. The Labute approximate surface area is 133 Å². The molecule has 6 heteroatoms. The van der Waals surface area contributed by atoms with Crippen LogP contribution in [0.2, 0.25) is 0 Å². The van der Waals surface area contributed by atoms with E-state index < -0.39 is 16.3 Å². The third-order valence-corrected chi connectivity index (χ3v) is 5.50. The summed E-state index contributed by atoms with van der Waals surface area (Å²) >= 11 is 0. The number of benzene rings is 1. The van der Waals surface area contributed by atoms with Gasteiger partial charge in [0.15, 0.2) is 0 Å². The van der Waals surface area contributed by atoms with Crippen molar-refractivity contribution in [3.05, 3.63) is 35.9 Å². The summed E-state index contributed by atoms with van der Waals surface area (Å²) in [5.74, 6) is 0.740. The molecule has 124 valence electrons. The second-order valence-corrected chi connectivity index (χ2v) is 8.22. The first-order valence-electron chi connectivity index (χ1n) is 7.83. The third kappa shape index (κ3) is 5.05. The van der Waals surface area contributed by atoms with E-state index in [1.807, 2.05) is 30.3 Å². The first-order valence-corrected chi connectivity index (χ1v) is 9.27. The summed E-state index contributed by atoms with van der Waals surface area (Å²) in [4.78, 5) is 0. The van der Waals surface area contributed by atoms with E-state index in [1.165, 1.54) is 4.31 Å². The van der Waals surface area contributed by atoms with Crippen molar-refractivity contribution < 1.29 is 13.5 Å². The summed E-state index contributed by atoms with van der Waals surface area (Å²) in [7, 11) is -3.51. The molecule has 5 nitrogen and oxygen atoms in total. The number of hydrogen-bond donors (Lipinski definition) is 2. The van der Waals surface area contributed by atoms with Gasteiger partial charge >= 0.3 is 0 Å². The molecule has 0 radical (unpaired) electrons. The SMILES string of the molecule is C[C@@H]1C[C@H](C)CN(S(=O)(=O)NC[C@@H](O)Cc2ccccc2)C1. The first-order chi connectivity index (χ1) is 10.4. The minimum atomic E-state index is -3.51. The maximum Gasteiger partial charge on any atom is 0.279 e. The molecule has 1 fully saturated rings. The van der Waals surface area contributed by atoms with Gasteiger partial charge in [-0.1, -0.05) is 44.2 Å². The molecular formula is C16H26N2O3S. The molecule has 0 spiro atoms. The second-order valence-electron chi connectivity index (χ2n) is 6.46. The lowest BCUT2D eigenvalue weighted by atomic mass is 9.94. The molecule has 22 heavy (non-hydrogen) atoms. The highest BCUT2D eigenvalue weighted by Crippen LogP contribution is 2.22. The van der Waals surface area contributed by atoms with Crippen LogP contribution in [0.3, 0.4) is 0 Å². The van der Waals surface area contributed by atoms with Crippen molar-refractivity contribution in [2.24, 2.45) is 11.8 Å². The van der Waals surface area contributed by atoms with Gasteiger partial charge in [0.25, 0.3) is 10.2 Å². The number of aliphatic hydroxyl groups is 1. The Bertz CT molecular complexity index is 552. The van der Waals surface area contributed by atoms with E-state index in [9.17, 15) is 13.5 Å². The average Bonchev–Trinajstić information content (AvgIpc) is 2.45. The van der Waals surface area contributed by atoms with Gasteiger partial charge in [0.2, 0.25) is 0 Å². The van der Waals surface area contributed by atoms with Crippen molar-refractivity contribution in [2.45, 2.75) is 32.8 Å². The number of aliphatic hydroxyl groups excluding tert-OH is 1. The summed E-state index contributed by atoms with van der Waals surface area (Å²) in [5, 5.41) is 10.0. The molecule has 0 saturated carbocycles. The molecule has 0 aliphatic carbocycles. The van der Waals surface area contributed by atoms with Gasteiger partial charge in [0.1, 0.15) is 0 Å². The highest BCUT2D eigenvalue weighted by atomic mass is 32.2. The smallest absolute Gasteiger partial charge is 0.279 e. The predicted octanol–water partition coefficient (Wildman–Crippen LogP) is 1.40. The Morgan fingerprint density at radius 2 is 1.82 bits per heavy atom. The molecule has 1 heterocycles. The summed E-state index contributed by atoms with van der Waals surface area (Å²) in [6, 6.07) is 9.57. The van der Waals surface area contributed by atoms with Gasteiger partial charge < -0.3 is 5.11 Å². The Morgan fingerprint density at radius 3 is 2.41 bits per heavy atom. The lowest BCUT2D eigenvalue weighted by Crippen LogP contribution is -2.49. The molecule has 0 aromatic heterocycles. The monoisotopic (exact) mass is 326 g/mol. The maximum atomic E-state index is 12.3. The van der Waals surface area contributed by atoms with Gasteiger partial charge in [-0.3, -0.25) is 0 Å². The molecule has 2 N–H and O–H groups in total. The van der Waals surface area contributed by atoms with E-state index >= 15 is 0 Å². The normalized spacial score (nSPS) is 25.0.